The van der Waals surface area contributed by atoms with Crippen LogP contribution in [0, 0.1) is 11.3 Å². The molecule has 2 amide bonds. The molecule has 0 aliphatic carbocycles. The second kappa shape index (κ2) is 8.38. The fourth-order valence-electron chi connectivity index (χ4n) is 2.09. The van der Waals surface area contributed by atoms with Gasteiger partial charge in [-0.1, -0.05) is 27.7 Å². The number of aliphatic hydroxyl groups is 2. The molecule has 5 heteroatoms. The fourth-order valence-corrected chi connectivity index (χ4v) is 2.09. The van der Waals surface area contributed by atoms with E-state index >= 15 is 0 Å². The van der Waals surface area contributed by atoms with Crippen LogP contribution in [0.2, 0.25) is 0 Å². The summed E-state index contributed by atoms with van der Waals surface area (Å²) in [5.74, 6) is 0.407. The second-order valence-corrected chi connectivity index (χ2v) is 6.56. The third kappa shape index (κ3) is 10.8. The van der Waals surface area contributed by atoms with Gasteiger partial charge in [0.2, 0.25) is 0 Å². The maximum atomic E-state index is 11.6. The van der Waals surface area contributed by atoms with Crippen molar-refractivity contribution in [3.05, 3.63) is 0 Å². The Labute approximate surface area is 116 Å². The highest BCUT2D eigenvalue weighted by Gasteiger charge is 2.21. The summed E-state index contributed by atoms with van der Waals surface area (Å²) in [4.78, 5) is 11.6. The van der Waals surface area contributed by atoms with Gasteiger partial charge in [-0.2, -0.15) is 0 Å². The van der Waals surface area contributed by atoms with E-state index in [2.05, 4.69) is 10.6 Å². The number of amides is 2. The van der Waals surface area contributed by atoms with Gasteiger partial charge < -0.3 is 20.8 Å². The first-order valence-electron chi connectivity index (χ1n) is 7.00. The van der Waals surface area contributed by atoms with Crippen molar-refractivity contribution >= 4 is 6.03 Å². The molecule has 19 heavy (non-hydrogen) atoms. The molecule has 0 aromatic heterocycles. The molecule has 0 aliphatic rings. The topological polar surface area (TPSA) is 81.6 Å². The van der Waals surface area contributed by atoms with Crippen molar-refractivity contribution < 1.29 is 15.0 Å². The van der Waals surface area contributed by atoms with E-state index in [0.717, 1.165) is 0 Å². The fraction of sp³-hybridized carbons (Fsp3) is 0.929. The lowest BCUT2D eigenvalue weighted by atomic mass is 9.87. The zero-order chi connectivity index (χ0) is 15.1. The molecule has 2 atom stereocenters. The Balaban J connectivity index is 3.87. The van der Waals surface area contributed by atoms with Crippen molar-refractivity contribution in [3.63, 3.8) is 0 Å². The molecule has 5 nitrogen and oxygen atoms in total. The molecule has 0 fully saturated rings. The zero-order valence-electron chi connectivity index (χ0n) is 12.9. The molecule has 0 radical (unpaired) electrons. The highest BCUT2D eigenvalue weighted by Crippen LogP contribution is 2.20. The predicted molar refractivity (Wildman–Crippen MR) is 76.9 cm³/mol. The van der Waals surface area contributed by atoms with Gasteiger partial charge in [-0.25, -0.2) is 4.79 Å². The van der Waals surface area contributed by atoms with E-state index in [1.165, 1.54) is 0 Å². The average Bonchev–Trinajstić information content (AvgIpc) is 2.21. The van der Waals surface area contributed by atoms with Crippen LogP contribution in [0.3, 0.4) is 0 Å². The summed E-state index contributed by atoms with van der Waals surface area (Å²) in [5, 5.41) is 24.4. The molecule has 0 aromatic carbocycles. The van der Waals surface area contributed by atoms with E-state index in [1.807, 2.05) is 27.7 Å². The van der Waals surface area contributed by atoms with E-state index in [4.69, 9.17) is 0 Å². The molecule has 2 unspecified atom stereocenters. The first-order valence-corrected chi connectivity index (χ1v) is 7.00. The van der Waals surface area contributed by atoms with Gasteiger partial charge in [0.1, 0.15) is 0 Å². The van der Waals surface area contributed by atoms with Gasteiger partial charge in [-0.05, 0) is 31.1 Å². The third-order valence-electron chi connectivity index (χ3n) is 2.82. The Morgan fingerprint density at radius 2 is 1.74 bits per heavy atom. The lowest BCUT2D eigenvalue weighted by molar-refractivity contribution is 0.127. The summed E-state index contributed by atoms with van der Waals surface area (Å²) in [5.41, 5.74) is -0.151. The van der Waals surface area contributed by atoms with Crippen molar-refractivity contribution in [3.8, 4) is 0 Å². The molecule has 0 aliphatic heterocycles. The Morgan fingerprint density at radius 3 is 2.21 bits per heavy atom. The van der Waals surface area contributed by atoms with Gasteiger partial charge in [0, 0.05) is 13.1 Å². The summed E-state index contributed by atoms with van der Waals surface area (Å²) < 4.78 is 0. The quantitative estimate of drug-likeness (QED) is 0.541. The lowest BCUT2D eigenvalue weighted by Gasteiger charge is -2.26. The van der Waals surface area contributed by atoms with Crippen LogP contribution in [-0.2, 0) is 0 Å². The second-order valence-electron chi connectivity index (χ2n) is 6.56. The van der Waals surface area contributed by atoms with Crippen LogP contribution >= 0.6 is 0 Å². The lowest BCUT2D eigenvalue weighted by Crippen LogP contribution is -2.44. The number of nitrogens with one attached hydrogen (secondary N) is 2. The minimum atomic E-state index is -0.503. The molecule has 0 rings (SSSR count). The summed E-state index contributed by atoms with van der Waals surface area (Å²) in [6.07, 6.45) is 0.417. The molecule has 0 bridgehead atoms. The van der Waals surface area contributed by atoms with Crippen LogP contribution < -0.4 is 10.6 Å². The third-order valence-corrected chi connectivity index (χ3v) is 2.82. The van der Waals surface area contributed by atoms with Gasteiger partial charge in [-0.15, -0.1) is 0 Å². The number of carbonyl (C=O) groups excluding carboxylic acids is 1. The van der Waals surface area contributed by atoms with E-state index < -0.39 is 6.10 Å². The maximum Gasteiger partial charge on any atom is 0.314 e. The van der Waals surface area contributed by atoms with Crippen molar-refractivity contribution in [1.29, 1.82) is 0 Å². The van der Waals surface area contributed by atoms with Crippen LogP contribution in [0.4, 0.5) is 4.79 Å². The standard InChI is InChI=1S/C14H30N2O3/c1-10(2)6-12(18)8-15-13(19)16-9-14(4,5)7-11(3)17/h10-12,17-18H,6-9H2,1-5H3,(H2,15,16,19). The summed E-state index contributed by atoms with van der Waals surface area (Å²) in [6.45, 7) is 10.5. The van der Waals surface area contributed by atoms with Crippen LogP contribution in [-0.4, -0.2) is 41.5 Å². The van der Waals surface area contributed by atoms with E-state index in [0.29, 0.717) is 25.3 Å². The smallest absolute Gasteiger partial charge is 0.314 e. The predicted octanol–water partition coefficient (Wildman–Crippen LogP) is 1.49. The molecule has 0 saturated heterocycles. The molecular formula is C14H30N2O3. The van der Waals surface area contributed by atoms with Crippen LogP contribution in [0.5, 0.6) is 0 Å². The minimum absolute atomic E-state index is 0.151. The monoisotopic (exact) mass is 274 g/mol. The number of rotatable bonds is 8. The molecule has 0 spiro atoms. The Hall–Kier alpha value is -0.810. The van der Waals surface area contributed by atoms with Crippen molar-refractivity contribution in [1.82, 2.24) is 10.6 Å². The average molecular weight is 274 g/mol. The van der Waals surface area contributed by atoms with Gasteiger partial charge in [0.25, 0.3) is 0 Å². The summed E-state index contributed by atoms with van der Waals surface area (Å²) in [7, 11) is 0. The van der Waals surface area contributed by atoms with Crippen LogP contribution in [0.1, 0.15) is 47.5 Å². The van der Waals surface area contributed by atoms with Crippen LogP contribution in [0.15, 0.2) is 0 Å². The summed E-state index contributed by atoms with van der Waals surface area (Å²) in [6, 6.07) is -0.276. The molecule has 0 aromatic rings. The van der Waals surface area contributed by atoms with Gasteiger partial charge >= 0.3 is 6.03 Å². The Bertz CT molecular complexity index is 265. The molecule has 114 valence electrons. The molecule has 0 saturated carbocycles. The summed E-state index contributed by atoms with van der Waals surface area (Å²) >= 11 is 0. The van der Waals surface area contributed by atoms with Gasteiger partial charge in [0.05, 0.1) is 12.2 Å². The molecule has 4 N–H and O–H groups in total. The minimum Gasteiger partial charge on any atom is -0.393 e. The van der Waals surface area contributed by atoms with Crippen molar-refractivity contribution in [2.24, 2.45) is 11.3 Å². The van der Waals surface area contributed by atoms with E-state index in [-0.39, 0.29) is 24.1 Å². The largest absolute Gasteiger partial charge is 0.393 e. The zero-order valence-corrected chi connectivity index (χ0v) is 12.9. The Kier molecular flexibility index (Phi) is 8.02. The highest BCUT2D eigenvalue weighted by molar-refractivity contribution is 5.73. The van der Waals surface area contributed by atoms with Crippen molar-refractivity contribution in [2.45, 2.75) is 59.7 Å². The van der Waals surface area contributed by atoms with E-state index in [9.17, 15) is 15.0 Å². The first-order chi connectivity index (χ1) is 8.62. The number of hydrogen-bond acceptors (Lipinski definition) is 3. The number of aliphatic hydroxyl groups excluding tert-OH is 2. The number of carbonyl (C=O) groups is 1. The highest BCUT2D eigenvalue weighted by atomic mass is 16.3. The molecule has 0 heterocycles. The van der Waals surface area contributed by atoms with Gasteiger partial charge in [-0.3, -0.25) is 0 Å². The maximum absolute atomic E-state index is 11.6. The SMILES string of the molecule is CC(C)CC(O)CNC(=O)NCC(C)(C)CC(C)O. The molecular weight excluding hydrogens is 244 g/mol. The van der Waals surface area contributed by atoms with Crippen LogP contribution in [0.25, 0.3) is 0 Å². The van der Waals surface area contributed by atoms with E-state index in [1.54, 1.807) is 6.92 Å². The van der Waals surface area contributed by atoms with Crippen molar-refractivity contribution in [2.75, 3.05) is 13.1 Å². The Morgan fingerprint density at radius 1 is 1.16 bits per heavy atom. The normalized spacial score (nSPS) is 15.2. The first kappa shape index (κ1) is 18.2. The number of urea groups is 1. The van der Waals surface area contributed by atoms with Gasteiger partial charge in [0.15, 0.2) is 0 Å². The number of hydrogen-bond donors (Lipinski definition) is 4.